The van der Waals surface area contributed by atoms with Crippen molar-refractivity contribution in [1.29, 1.82) is 0 Å². The number of aryl methyl sites for hydroxylation is 2. The first-order valence-corrected chi connectivity index (χ1v) is 11.1. The number of carbonyl (C=O) groups excluding carboxylic acids is 1. The highest BCUT2D eigenvalue weighted by Gasteiger charge is 2.32. The highest BCUT2D eigenvalue weighted by atomic mass is 19.4. The van der Waals surface area contributed by atoms with Crippen molar-refractivity contribution >= 4 is 5.97 Å². The van der Waals surface area contributed by atoms with Crippen LogP contribution in [0.3, 0.4) is 0 Å². The van der Waals surface area contributed by atoms with Gasteiger partial charge in [0.25, 0.3) is 0 Å². The fourth-order valence-electron chi connectivity index (χ4n) is 3.40. The number of carbonyl (C=O) groups is 1. The monoisotopic (exact) mass is 488 g/mol. The van der Waals surface area contributed by atoms with Crippen LogP contribution in [0.15, 0.2) is 55.0 Å². The summed E-state index contributed by atoms with van der Waals surface area (Å²) >= 11 is 0. The van der Waals surface area contributed by atoms with E-state index in [1.54, 1.807) is 25.3 Å². The summed E-state index contributed by atoms with van der Waals surface area (Å²) in [6, 6.07) is 9.97. The summed E-state index contributed by atoms with van der Waals surface area (Å²) in [5.74, 6) is 0.525. The van der Waals surface area contributed by atoms with Gasteiger partial charge in [0, 0.05) is 42.6 Å². The number of hydrogen-bond donors (Lipinski definition) is 0. The molecule has 0 N–H and O–H groups in total. The van der Waals surface area contributed by atoms with E-state index in [-0.39, 0.29) is 23.5 Å². The zero-order valence-corrected chi connectivity index (χ0v) is 19.8. The normalized spacial score (nSPS) is 12.2. The average molecular weight is 489 g/mol. The van der Waals surface area contributed by atoms with Crippen LogP contribution in [0.4, 0.5) is 13.2 Å². The van der Waals surface area contributed by atoms with Crippen molar-refractivity contribution in [1.82, 2.24) is 9.97 Å². The van der Waals surface area contributed by atoms with E-state index in [0.29, 0.717) is 37.2 Å². The third-order valence-corrected chi connectivity index (χ3v) is 5.40. The highest BCUT2D eigenvalue weighted by Crippen LogP contribution is 2.36. The van der Waals surface area contributed by atoms with Gasteiger partial charge in [0.15, 0.2) is 0 Å². The Kier molecular flexibility index (Phi) is 8.68. The van der Waals surface area contributed by atoms with Gasteiger partial charge in [0.2, 0.25) is 5.88 Å². The maximum absolute atomic E-state index is 13.2. The van der Waals surface area contributed by atoms with Crippen LogP contribution in [0.25, 0.3) is 11.1 Å². The van der Waals surface area contributed by atoms with Crippen molar-refractivity contribution in [3.63, 3.8) is 0 Å². The molecule has 2 heterocycles. The van der Waals surface area contributed by atoms with Gasteiger partial charge in [-0.3, -0.25) is 9.78 Å². The van der Waals surface area contributed by atoms with E-state index in [2.05, 4.69) is 14.7 Å². The molecule has 0 saturated heterocycles. The molecule has 3 aromatic rings. The first-order chi connectivity index (χ1) is 16.7. The Balaban J connectivity index is 1.61. The maximum atomic E-state index is 13.2. The lowest BCUT2D eigenvalue weighted by Crippen LogP contribution is -2.17. The van der Waals surface area contributed by atoms with Crippen molar-refractivity contribution in [2.45, 2.75) is 45.4 Å². The Bertz CT molecular complexity index is 1140. The predicted octanol–water partition coefficient (Wildman–Crippen LogP) is 5.81. The zero-order valence-electron chi connectivity index (χ0n) is 19.8. The second-order valence-electron chi connectivity index (χ2n) is 8.05. The second kappa shape index (κ2) is 11.7. The van der Waals surface area contributed by atoms with Crippen molar-refractivity contribution in [3.8, 4) is 22.8 Å². The van der Waals surface area contributed by atoms with E-state index in [9.17, 15) is 18.0 Å². The van der Waals surface area contributed by atoms with Crippen LogP contribution >= 0.6 is 0 Å². The molecule has 0 fully saturated rings. The first kappa shape index (κ1) is 26.0. The first-order valence-electron chi connectivity index (χ1n) is 11.1. The van der Waals surface area contributed by atoms with Crippen molar-refractivity contribution in [2.75, 3.05) is 13.7 Å². The largest absolute Gasteiger partial charge is 0.493 e. The molecule has 0 bridgehead atoms. The topological polar surface area (TPSA) is 70.5 Å². The quantitative estimate of drug-likeness (QED) is 0.335. The molecule has 6 nitrogen and oxygen atoms in total. The minimum atomic E-state index is -4.52. The Morgan fingerprint density at radius 1 is 1.14 bits per heavy atom. The summed E-state index contributed by atoms with van der Waals surface area (Å²) in [4.78, 5) is 19.3. The average Bonchev–Trinajstić information content (AvgIpc) is 2.83. The van der Waals surface area contributed by atoms with Gasteiger partial charge in [-0.2, -0.15) is 13.2 Å². The van der Waals surface area contributed by atoms with Gasteiger partial charge in [-0.1, -0.05) is 12.1 Å². The molecule has 3 rings (SSSR count). The Hall–Kier alpha value is -3.62. The van der Waals surface area contributed by atoms with Crippen molar-refractivity contribution in [2.24, 2.45) is 0 Å². The third-order valence-electron chi connectivity index (χ3n) is 5.40. The molecule has 1 atom stereocenters. The number of rotatable bonds is 10. The van der Waals surface area contributed by atoms with Crippen LogP contribution in [0.2, 0.25) is 0 Å². The summed E-state index contributed by atoms with van der Waals surface area (Å²) in [5, 5.41) is 0. The van der Waals surface area contributed by atoms with Gasteiger partial charge in [-0.25, -0.2) is 4.98 Å². The zero-order chi connectivity index (χ0) is 25.4. The third kappa shape index (κ3) is 7.43. The molecule has 0 saturated carbocycles. The molecule has 186 valence electrons. The van der Waals surface area contributed by atoms with E-state index in [1.165, 1.54) is 13.3 Å². The molecule has 0 amide bonds. The van der Waals surface area contributed by atoms with Crippen molar-refractivity contribution < 1.29 is 32.2 Å². The summed E-state index contributed by atoms with van der Waals surface area (Å²) in [6.45, 7) is 4.09. The van der Waals surface area contributed by atoms with Gasteiger partial charge >= 0.3 is 12.1 Å². The summed E-state index contributed by atoms with van der Waals surface area (Å²) in [5.41, 5.74) is 1.89. The number of hydrogen-bond acceptors (Lipinski definition) is 6. The van der Waals surface area contributed by atoms with E-state index >= 15 is 0 Å². The number of esters is 1. The van der Waals surface area contributed by atoms with Crippen LogP contribution < -0.4 is 9.47 Å². The maximum Gasteiger partial charge on any atom is 0.417 e. The molecular formula is C26H27F3N2O4. The Morgan fingerprint density at radius 2 is 1.94 bits per heavy atom. The number of nitrogens with zero attached hydrogens (tertiary/aromatic N) is 2. The number of methoxy groups -OCH3 is 1. The number of pyridine rings is 2. The van der Waals surface area contributed by atoms with Gasteiger partial charge in [0.05, 0.1) is 19.3 Å². The molecule has 1 unspecified atom stereocenters. The number of ether oxygens (including phenoxy) is 3. The molecular weight excluding hydrogens is 461 g/mol. The predicted molar refractivity (Wildman–Crippen MR) is 124 cm³/mol. The summed E-state index contributed by atoms with van der Waals surface area (Å²) in [6.07, 6.45) is 0.271. The lowest BCUT2D eigenvalue weighted by Gasteiger charge is -2.18. The minimum absolute atomic E-state index is 0.101. The lowest BCUT2D eigenvalue weighted by molar-refractivity contribution is -0.140. The molecule has 35 heavy (non-hydrogen) atoms. The smallest absolute Gasteiger partial charge is 0.417 e. The van der Waals surface area contributed by atoms with Crippen LogP contribution in [0.5, 0.6) is 11.6 Å². The van der Waals surface area contributed by atoms with Gasteiger partial charge in [-0.05, 0) is 55.7 Å². The van der Waals surface area contributed by atoms with E-state index in [4.69, 9.17) is 9.47 Å². The molecule has 9 heteroatoms. The van der Waals surface area contributed by atoms with Gasteiger partial charge in [0.1, 0.15) is 11.9 Å². The van der Waals surface area contributed by atoms with Gasteiger partial charge in [-0.15, -0.1) is 0 Å². The van der Waals surface area contributed by atoms with Crippen LogP contribution in [0, 0.1) is 6.92 Å². The fraction of sp³-hybridized carbons (Fsp3) is 0.346. The van der Waals surface area contributed by atoms with Crippen LogP contribution in [-0.4, -0.2) is 35.8 Å². The fourth-order valence-corrected chi connectivity index (χ4v) is 3.40. The molecule has 1 aromatic carbocycles. The summed E-state index contributed by atoms with van der Waals surface area (Å²) in [7, 11) is 1.37. The molecule has 0 radical (unpaired) electrons. The number of halogens is 3. The van der Waals surface area contributed by atoms with Crippen LogP contribution in [0.1, 0.15) is 36.5 Å². The minimum Gasteiger partial charge on any atom is -0.493 e. The van der Waals surface area contributed by atoms with E-state index < -0.39 is 11.7 Å². The number of aromatic nitrogens is 2. The highest BCUT2D eigenvalue weighted by molar-refractivity contribution is 5.69. The lowest BCUT2D eigenvalue weighted by atomic mass is 10.0. The van der Waals surface area contributed by atoms with Crippen LogP contribution in [-0.2, 0) is 22.1 Å². The standard InChI is InChI=1S/C26H27F3N2O4/c1-17-13-22(8-6-19(17)7-9-24(32)33-3)34-12-10-18(2)35-25-23(20-5-4-11-30-15-20)14-21(16-31-25)26(27,28)29/h4-6,8,11,13-16,18H,7,9-10,12H2,1-3H3. The SMILES string of the molecule is COC(=O)CCc1ccc(OCCC(C)Oc2ncc(C(F)(F)F)cc2-c2cccnc2)cc1C. The molecule has 0 spiro atoms. The second-order valence-corrected chi connectivity index (χ2v) is 8.05. The molecule has 2 aromatic heterocycles. The van der Waals surface area contributed by atoms with E-state index in [0.717, 1.165) is 23.4 Å². The van der Waals surface area contributed by atoms with Gasteiger partial charge < -0.3 is 14.2 Å². The molecule has 0 aliphatic heterocycles. The molecule has 0 aliphatic rings. The summed E-state index contributed by atoms with van der Waals surface area (Å²) < 4.78 is 56.0. The van der Waals surface area contributed by atoms with E-state index in [1.807, 2.05) is 25.1 Å². The number of alkyl halides is 3. The van der Waals surface area contributed by atoms with Crippen molar-refractivity contribution in [3.05, 3.63) is 71.7 Å². The Morgan fingerprint density at radius 3 is 2.60 bits per heavy atom. The number of benzene rings is 1. The molecule has 0 aliphatic carbocycles. The Labute approximate surface area is 202 Å².